The van der Waals surface area contributed by atoms with E-state index >= 15 is 0 Å². The van der Waals surface area contributed by atoms with Crippen LogP contribution in [0.25, 0.3) is 16.7 Å². The number of hydrogen-bond acceptors (Lipinski definition) is 3. The summed E-state index contributed by atoms with van der Waals surface area (Å²) >= 11 is 0. The molecule has 4 rings (SSSR count). The summed E-state index contributed by atoms with van der Waals surface area (Å²) in [5.74, 6) is 0. The van der Waals surface area contributed by atoms with Crippen LogP contribution in [0.2, 0.25) is 0 Å². The maximum Gasteiger partial charge on any atom is 0.0991 e. The van der Waals surface area contributed by atoms with Crippen molar-refractivity contribution in [3.05, 3.63) is 113 Å². The standard InChI is InChI=1S/C29H29N3/c1-2-22-16-27(25-6-4-3-5-7-25)20-32(19-22)21-28-17-24(18-31)10-13-29(28)26-11-8-23(9-12-26)14-15-30/h3-13,17,19-20H,2,14-16,21,30H2,1H3. The topological polar surface area (TPSA) is 53.0 Å². The average molecular weight is 420 g/mol. The Morgan fingerprint density at radius 3 is 2.41 bits per heavy atom. The van der Waals surface area contributed by atoms with Crippen molar-refractivity contribution in [1.29, 1.82) is 5.26 Å². The molecule has 3 heteroatoms. The molecule has 32 heavy (non-hydrogen) atoms. The molecule has 0 atom stereocenters. The van der Waals surface area contributed by atoms with Crippen LogP contribution in [0.1, 0.15) is 42.0 Å². The summed E-state index contributed by atoms with van der Waals surface area (Å²) in [4.78, 5) is 2.27. The highest BCUT2D eigenvalue weighted by atomic mass is 15.1. The van der Waals surface area contributed by atoms with Gasteiger partial charge in [-0.15, -0.1) is 0 Å². The van der Waals surface area contributed by atoms with E-state index in [-0.39, 0.29) is 0 Å². The van der Waals surface area contributed by atoms with Gasteiger partial charge < -0.3 is 10.6 Å². The molecular weight excluding hydrogens is 390 g/mol. The third-order valence-electron chi connectivity index (χ3n) is 5.97. The molecule has 1 heterocycles. The van der Waals surface area contributed by atoms with Crippen LogP contribution in [0.5, 0.6) is 0 Å². The van der Waals surface area contributed by atoms with Gasteiger partial charge in [0.05, 0.1) is 11.6 Å². The van der Waals surface area contributed by atoms with Crippen molar-refractivity contribution in [2.45, 2.75) is 32.7 Å². The van der Waals surface area contributed by atoms with Crippen molar-refractivity contribution in [1.82, 2.24) is 4.90 Å². The first-order chi connectivity index (χ1) is 15.7. The lowest BCUT2D eigenvalue weighted by molar-refractivity contribution is 0.489. The molecule has 0 spiro atoms. The first kappa shape index (κ1) is 21.6. The second-order valence-electron chi connectivity index (χ2n) is 8.23. The number of nitrogens with zero attached hydrogens (tertiary/aromatic N) is 2. The van der Waals surface area contributed by atoms with Crippen LogP contribution in [0.3, 0.4) is 0 Å². The van der Waals surface area contributed by atoms with Gasteiger partial charge in [0.25, 0.3) is 0 Å². The molecule has 3 aromatic carbocycles. The Balaban J connectivity index is 1.69. The Hall–Kier alpha value is -3.61. The molecule has 0 saturated carbocycles. The van der Waals surface area contributed by atoms with Gasteiger partial charge in [0.2, 0.25) is 0 Å². The van der Waals surface area contributed by atoms with Crippen molar-refractivity contribution in [2.75, 3.05) is 6.54 Å². The van der Waals surface area contributed by atoms with Crippen LogP contribution < -0.4 is 5.73 Å². The summed E-state index contributed by atoms with van der Waals surface area (Å²) in [5.41, 5.74) is 15.1. The molecule has 0 unspecified atom stereocenters. The Kier molecular flexibility index (Phi) is 6.84. The molecule has 0 radical (unpaired) electrons. The van der Waals surface area contributed by atoms with Crippen molar-refractivity contribution >= 4 is 5.57 Å². The van der Waals surface area contributed by atoms with Crippen molar-refractivity contribution in [3.63, 3.8) is 0 Å². The highest BCUT2D eigenvalue weighted by Crippen LogP contribution is 2.32. The van der Waals surface area contributed by atoms with Gasteiger partial charge in [-0.2, -0.15) is 5.26 Å². The highest BCUT2D eigenvalue weighted by molar-refractivity contribution is 5.70. The number of nitriles is 1. The third kappa shape index (κ3) is 4.99. The summed E-state index contributed by atoms with van der Waals surface area (Å²) in [6.07, 6.45) is 7.40. The Labute approximate surface area is 191 Å². The summed E-state index contributed by atoms with van der Waals surface area (Å²) in [6, 6.07) is 27.5. The smallest absolute Gasteiger partial charge is 0.0991 e. The first-order valence-electron chi connectivity index (χ1n) is 11.2. The van der Waals surface area contributed by atoms with Gasteiger partial charge in [0.1, 0.15) is 0 Å². The van der Waals surface area contributed by atoms with Gasteiger partial charge in [-0.25, -0.2) is 0 Å². The zero-order valence-electron chi connectivity index (χ0n) is 18.6. The van der Waals surface area contributed by atoms with Crippen LogP contribution in [0.15, 0.2) is 90.8 Å². The minimum Gasteiger partial charge on any atom is -0.350 e. The number of rotatable bonds is 7. The molecule has 2 N–H and O–H groups in total. The SMILES string of the molecule is CCC1=CN(Cc2cc(C#N)ccc2-c2ccc(CCN)cc2)C=C(c2ccccc2)C1. The van der Waals surface area contributed by atoms with Gasteiger partial charge in [-0.05, 0) is 76.9 Å². The monoisotopic (exact) mass is 419 g/mol. The lowest BCUT2D eigenvalue weighted by Crippen LogP contribution is -2.15. The molecule has 0 amide bonds. The van der Waals surface area contributed by atoms with Gasteiger partial charge in [0.15, 0.2) is 0 Å². The lowest BCUT2D eigenvalue weighted by Gasteiger charge is -2.26. The van der Waals surface area contributed by atoms with E-state index in [0.717, 1.165) is 42.5 Å². The Bertz CT molecular complexity index is 1170. The van der Waals surface area contributed by atoms with Gasteiger partial charge in [-0.1, -0.05) is 67.6 Å². The van der Waals surface area contributed by atoms with Crippen LogP contribution in [0.4, 0.5) is 0 Å². The van der Waals surface area contributed by atoms with E-state index in [4.69, 9.17) is 5.73 Å². The van der Waals surface area contributed by atoms with E-state index in [0.29, 0.717) is 12.1 Å². The molecule has 3 nitrogen and oxygen atoms in total. The summed E-state index contributed by atoms with van der Waals surface area (Å²) < 4.78 is 0. The minimum atomic E-state index is 0.651. The van der Waals surface area contributed by atoms with E-state index in [1.165, 1.54) is 22.3 Å². The second kappa shape index (κ2) is 10.1. The Morgan fingerprint density at radius 1 is 0.938 bits per heavy atom. The maximum atomic E-state index is 9.50. The van der Waals surface area contributed by atoms with Crippen LogP contribution in [0, 0.1) is 11.3 Å². The summed E-state index contributed by atoms with van der Waals surface area (Å²) in [5, 5.41) is 9.50. The predicted octanol–water partition coefficient (Wildman–Crippen LogP) is 6.27. The first-order valence-corrected chi connectivity index (χ1v) is 11.2. The molecule has 1 aliphatic rings. The van der Waals surface area contributed by atoms with E-state index in [1.54, 1.807) is 0 Å². The molecule has 0 aromatic heterocycles. The molecule has 0 saturated heterocycles. The maximum absolute atomic E-state index is 9.50. The van der Waals surface area contributed by atoms with E-state index in [2.05, 4.69) is 91.0 Å². The fourth-order valence-electron chi connectivity index (χ4n) is 4.23. The minimum absolute atomic E-state index is 0.651. The number of benzene rings is 3. The van der Waals surface area contributed by atoms with Crippen LogP contribution in [-0.2, 0) is 13.0 Å². The molecule has 0 bridgehead atoms. The van der Waals surface area contributed by atoms with Crippen molar-refractivity contribution in [3.8, 4) is 17.2 Å². The van der Waals surface area contributed by atoms with Gasteiger partial charge in [-0.3, -0.25) is 0 Å². The summed E-state index contributed by atoms with van der Waals surface area (Å²) in [7, 11) is 0. The molecular formula is C29H29N3. The molecule has 3 aromatic rings. The zero-order valence-corrected chi connectivity index (χ0v) is 18.6. The second-order valence-corrected chi connectivity index (χ2v) is 8.23. The fourth-order valence-corrected chi connectivity index (χ4v) is 4.23. The zero-order chi connectivity index (χ0) is 22.3. The van der Waals surface area contributed by atoms with E-state index in [1.807, 2.05) is 12.1 Å². The van der Waals surface area contributed by atoms with E-state index in [9.17, 15) is 5.26 Å². The third-order valence-corrected chi connectivity index (χ3v) is 5.97. The molecule has 160 valence electrons. The average Bonchev–Trinajstić information content (AvgIpc) is 2.85. The van der Waals surface area contributed by atoms with Crippen LogP contribution >= 0.6 is 0 Å². The fraction of sp³-hybridized carbons (Fsp3) is 0.207. The summed E-state index contributed by atoms with van der Waals surface area (Å²) in [6.45, 7) is 3.58. The van der Waals surface area contributed by atoms with Crippen molar-refractivity contribution in [2.24, 2.45) is 5.73 Å². The van der Waals surface area contributed by atoms with Crippen LogP contribution in [-0.4, -0.2) is 11.4 Å². The lowest BCUT2D eigenvalue weighted by atomic mass is 9.94. The molecule has 0 fully saturated rings. The normalized spacial score (nSPS) is 13.3. The predicted molar refractivity (Wildman–Crippen MR) is 132 cm³/mol. The quantitative estimate of drug-likeness (QED) is 0.491. The van der Waals surface area contributed by atoms with E-state index < -0.39 is 0 Å². The number of allylic oxidation sites excluding steroid dienone is 2. The highest BCUT2D eigenvalue weighted by Gasteiger charge is 2.15. The van der Waals surface area contributed by atoms with Gasteiger partial charge >= 0.3 is 0 Å². The number of hydrogen-bond donors (Lipinski definition) is 1. The van der Waals surface area contributed by atoms with Gasteiger partial charge in [0, 0.05) is 18.9 Å². The molecule has 1 aliphatic heterocycles. The number of nitrogens with two attached hydrogens (primary N) is 1. The molecule has 0 aliphatic carbocycles. The Morgan fingerprint density at radius 2 is 1.72 bits per heavy atom. The van der Waals surface area contributed by atoms with Crippen molar-refractivity contribution < 1.29 is 0 Å². The largest absolute Gasteiger partial charge is 0.350 e.